The molecule has 0 saturated carbocycles. The third-order valence-electron chi connectivity index (χ3n) is 3.90. The maximum absolute atomic E-state index is 12.7. The molecule has 2 atom stereocenters. The zero-order chi connectivity index (χ0) is 15.8. The van der Waals surface area contributed by atoms with Crippen LogP contribution in [-0.4, -0.2) is 38.9 Å². The largest absolute Gasteiger partial charge is 0.469 e. The predicted molar refractivity (Wildman–Crippen MR) is 79.0 cm³/mol. The maximum atomic E-state index is 12.7. The van der Waals surface area contributed by atoms with Crippen molar-refractivity contribution < 1.29 is 17.9 Å². The number of hydrogen-bond acceptors (Lipinski definition) is 5. The van der Waals surface area contributed by atoms with Gasteiger partial charge in [-0.15, -0.1) is 0 Å². The van der Waals surface area contributed by atoms with Gasteiger partial charge in [-0.05, 0) is 36.6 Å². The van der Waals surface area contributed by atoms with E-state index < -0.39 is 15.9 Å². The van der Waals surface area contributed by atoms with E-state index in [2.05, 4.69) is 0 Å². The SMILES string of the molecule is COC(=O)C1CN(S(=O)(=O)c2ccc(N)cc2C)CC1C. The van der Waals surface area contributed by atoms with Crippen LogP contribution in [0.15, 0.2) is 23.1 Å². The summed E-state index contributed by atoms with van der Waals surface area (Å²) in [4.78, 5) is 11.9. The highest BCUT2D eigenvalue weighted by atomic mass is 32.2. The molecule has 1 aromatic carbocycles. The zero-order valence-electron chi connectivity index (χ0n) is 12.4. The number of rotatable bonds is 3. The Hall–Kier alpha value is -1.60. The van der Waals surface area contributed by atoms with Crippen LogP contribution in [0, 0.1) is 18.8 Å². The number of esters is 1. The molecule has 0 amide bonds. The van der Waals surface area contributed by atoms with Gasteiger partial charge in [-0.25, -0.2) is 8.42 Å². The molecule has 6 nitrogen and oxygen atoms in total. The highest BCUT2D eigenvalue weighted by Gasteiger charge is 2.41. The lowest BCUT2D eigenvalue weighted by molar-refractivity contribution is -0.145. The summed E-state index contributed by atoms with van der Waals surface area (Å²) in [6.07, 6.45) is 0. The van der Waals surface area contributed by atoms with Gasteiger partial charge in [-0.3, -0.25) is 4.79 Å². The van der Waals surface area contributed by atoms with Gasteiger partial charge in [-0.1, -0.05) is 6.92 Å². The van der Waals surface area contributed by atoms with E-state index in [0.717, 1.165) is 0 Å². The molecule has 1 aromatic rings. The van der Waals surface area contributed by atoms with Crippen LogP contribution < -0.4 is 5.73 Å². The van der Waals surface area contributed by atoms with Gasteiger partial charge >= 0.3 is 5.97 Å². The van der Waals surface area contributed by atoms with Crippen molar-refractivity contribution in [2.75, 3.05) is 25.9 Å². The smallest absolute Gasteiger partial charge is 0.310 e. The summed E-state index contributed by atoms with van der Waals surface area (Å²) in [5, 5.41) is 0. The van der Waals surface area contributed by atoms with E-state index in [4.69, 9.17) is 10.5 Å². The van der Waals surface area contributed by atoms with Crippen LogP contribution in [0.3, 0.4) is 0 Å². The molecule has 1 saturated heterocycles. The number of ether oxygens (including phenoxy) is 1. The van der Waals surface area contributed by atoms with Crippen molar-refractivity contribution in [3.8, 4) is 0 Å². The highest BCUT2D eigenvalue weighted by molar-refractivity contribution is 7.89. The molecule has 1 aliphatic heterocycles. The Balaban J connectivity index is 2.31. The molecule has 0 bridgehead atoms. The van der Waals surface area contributed by atoms with Crippen molar-refractivity contribution in [2.24, 2.45) is 11.8 Å². The average Bonchev–Trinajstić information content (AvgIpc) is 2.80. The van der Waals surface area contributed by atoms with E-state index in [1.165, 1.54) is 17.5 Å². The molecular weight excluding hydrogens is 292 g/mol. The van der Waals surface area contributed by atoms with E-state index in [0.29, 0.717) is 17.8 Å². The van der Waals surface area contributed by atoms with E-state index in [9.17, 15) is 13.2 Å². The Morgan fingerprint density at radius 1 is 1.38 bits per heavy atom. The lowest BCUT2D eigenvalue weighted by Gasteiger charge is -2.18. The molecule has 0 aromatic heterocycles. The van der Waals surface area contributed by atoms with Gasteiger partial charge in [0.05, 0.1) is 17.9 Å². The van der Waals surface area contributed by atoms with Crippen LogP contribution in [0.4, 0.5) is 5.69 Å². The fourth-order valence-electron chi connectivity index (χ4n) is 2.68. The van der Waals surface area contributed by atoms with Gasteiger partial charge < -0.3 is 10.5 Å². The van der Waals surface area contributed by atoms with E-state index >= 15 is 0 Å². The first kappa shape index (κ1) is 15.8. The predicted octanol–water partition coefficient (Wildman–Crippen LogP) is 1.01. The molecule has 2 unspecified atom stereocenters. The number of anilines is 1. The average molecular weight is 312 g/mol. The second-order valence-electron chi connectivity index (χ2n) is 5.45. The Kier molecular flexibility index (Phi) is 4.25. The molecular formula is C14H20N2O4S. The highest BCUT2D eigenvalue weighted by Crippen LogP contribution is 2.30. The summed E-state index contributed by atoms with van der Waals surface area (Å²) >= 11 is 0. The van der Waals surface area contributed by atoms with E-state index in [1.807, 2.05) is 6.92 Å². The van der Waals surface area contributed by atoms with Crippen molar-refractivity contribution in [1.82, 2.24) is 4.31 Å². The monoisotopic (exact) mass is 312 g/mol. The van der Waals surface area contributed by atoms with E-state index in [-0.39, 0.29) is 23.3 Å². The summed E-state index contributed by atoms with van der Waals surface area (Å²) in [6, 6.07) is 4.71. The minimum Gasteiger partial charge on any atom is -0.469 e. The normalized spacial score (nSPS) is 23.2. The minimum absolute atomic E-state index is 0.0682. The Labute approximate surface area is 124 Å². The number of nitrogen functional groups attached to an aromatic ring is 1. The number of nitrogens with zero attached hydrogens (tertiary/aromatic N) is 1. The number of nitrogens with two attached hydrogens (primary N) is 1. The molecule has 1 fully saturated rings. The van der Waals surface area contributed by atoms with Gasteiger partial charge in [0.15, 0.2) is 0 Å². The molecule has 116 valence electrons. The van der Waals surface area contributed by atoms with Gasteiger partial charge in [0, 0.05) is 18.8 Å². The van der Waals surface area contributed by atoms with Gasteiger partial charge in [0.1, 0.15) is 0 Å². The molecule has 0 spiro atoms. The Morgan fingerprint density at radius 3 is 2.62 bits per heavy atom. The van der Waals surface area contributed by atoms with Crippen LogP contribution in [0.5, 0.6) is 0 Å². The first-order valence-electron chi connectivity index (χ1n) is 6.71. The summed E-state index contributed by atoms with van der Waals surface area (Å²) in [6.45, 7) is 4.03. The molecule has 21 heavy (non-hydrogen) atoms. The summed E-state index contributed by atoms with van der Waals surface area (Å²) < 4.78 is 31.5. The lowest BCUT2D eigenvalue weighted by atomic mass is 9.99. The van der Waals surface area contributed by atoms with Crippen molar-refractivity contribution in [3.63, 3.8) is 0 Å². The number of hydrogen-bond donors (Lipinski definition) is 1. The first-order chi connectivity index (χ1) is 9.77. The second kappa shape index (κ2) is 5.65. The fourth-order valence-corrected chi connectivity index (χ4v) is 4.45. The molecule has 1 heterocycles. The van der Waals surface area contributed by atoms with Crippen molar-refractivity contribution in [2.45, 2.75) is 18.7 Å². The number of aryl methyl sites for hydroxylation is 1. The minimum atomic E-state index is -3.62. The standard InChI is InChI=1S/C14H20N2O4S/c1-9-6-11(15)4-5-13(9)21(18,19)16-7-10(2)12(8-16)14(17)20-3/h4-6,10,12H,7-8,15H2,1-3H3. The van der Waals surface area contributed by atoms with Crippen LogP contribution in [-0.2, 0) is 19.6 Å². The van der Waals surface area contributed by atoms with Gasteiger partial charge in [0.25, 0.3) is 0 Å². The van der Waals surface area contributed by atoms with Crippen LogP contribution >= 0.6 is 0 Å². The number of carbonyl (C=O) groups excluding carboxylic acids is 1. The van der Waals surface area contributed by atoms with Crippen molar-refractivity contribution in [1.29, 1.82) is 0 Å². The third-order valence-corrected chi connectivity index (χ3v) is 5.89. The van der Waals surface area contributed by atoms with Crippen molar-refractivity contribution in [3.05, 3.63) is 23.8 Å². The topological polar surface area (TPSA) is 89.7 Å². The molecule has 7 heteroatoms. The number of methoxy groups -OCH3 is 1. The summed E-state index contributed by atoms with van der Waals surface area (Å²) in [7, 11) is -2.31. The van der Waals surface area contributed by atoms with Gasteiger partial charge in [-0.2, -0.15) is 4.31 Å². The lowest BCUT2D eigenvalue weighted by Crippen LogP contribution is -2.30. The van der Waals surface area contributed by atoms with Crippen LogP contribution in [0.1, 0.15) is 12.5 Å². The molecule has 0 radical (unpaired) electrons. The fraction of sp³-hybridized carbons (Fsp3) is 0.500. The summed E-state index contributed by atoms with van der Waals surface area (Å²) in [5.41, 5.74) is 6.78. The first-order valence-corrected chi connectivity index (χ1v) is 8.15. The zero-order valence-corrected chi connectivity index (χ0v) is 13.2. The van der Waals surface area contributed by atoms with Crippen molar-refractivity contribution >= 4 is 21.7 Å². The maximum Gasteiger partial charge on any atom is 0.310 e. The number of carbonyl (C=O) groups is 1. The quantitative estimate of drug-likeness (QED) is 0.664. The third kappa shape index (κ3) is 2.89. The van der Waals surface area contributed by atoms with E-state index in [1.54, 1.807) is 19.1 Å². The Bertz CT molecular complexity index is 657. The molecule has 2 rings (SSSR count). The number of sulfonamides is 1. The summed E-state index contributed by atoms with van der Waals surface area (Å²) in [5.74, 6) is -0.852. The van der Waals surface area contributed by atoms with Crippen LogP contribution in [0.25, 0.3) is 0 Å². The Morgan fingerprint density at radius 2 is 2.05 bits per heavy atom. The molecule has 0 aliphatic carbocycles. The number of benzene rings is 1. The molecule has 2 N–H and O–H groups in total. The van der Waals surface area contributed by atoms with Crippen LogP contribution in [0.2, 0.25) is 0 Å². The van der Waals surface area contributed by atoms with Gasteiger partial charge in [0.2, 0.25) is 10.0 Å². The molecule has 1 aliphatic rings. The second-order valence-corrected chi connectivity index (χ2v) is 7.36.